The van der Waals surface area contributed by atoms with Crippen molar-refractivity contribution in [1.82, 2.24) is 0 Å². The highest BCUT2D eigenvalue weighted by molar-refractivity contribution is 6.00. The highest BCUT2D eigenvalue weighted by Crippen LogP contribution is 2.31. The molecule has 1 aliphatic carbocycles. The van der Waals surface area contributed by atoms with Crippen molar-refractivity contribution in [2.24, 2.45) is 5.92 Å². The second-order valence-corrected chi connectivity index (χ2v) is 6.31. The average molecular weight is 332 g/mol. The van der Waals surface area contributed by atoms with Crippen LogP contribution < -0.4 is 0 Å². The van der Waals surface area contributed by atoms with Crippen LogP contribution in [0.25, 0.3) is 0 Å². The number of aryl methyl sites for hydroxylation is 2. The highest BCUT2D eigenvalue weighted by Gasteiger charge is 2.35. The number of phenols is 1. The lowest BCUT2D eigenvalue weighted by molar-refractivity contribution is -0.131. The molecule has 1 aliphatic rings. The van der Waals surface area contributed by atoms with Crippen molar-refractivity contribution in [2.45, 2.75) is 47.1 Å². The van der Waals surface area contributed by atoms with Gasteiger partial charge in [0, 0.05) is 18.6 Å². The molecule has 2 unspecified atom stereocenters. The van der Waals surface area contributed by atoms with Crippen LogP contribution in [0.4, 0.5) is 0 Å². The molecule has 1 aromatic carbocycles. The SMILES string of the molecule is CCOC1C(=O)C(C)=C(OC(=O)c2cc(C)c(O)cc2C)CC1C. The van der Waals surface area contributed by atoms with Crippen LogP contribution in [-0.4, -0.2) is 29.6 Å². The predicted molar refractivity (Wildman–Crippen MR) is 89.9 cm³/mol. The van der Waals surface area contributed by atoms with Crippen molar-refractivity contribution >= 4 is 11.8 Å². The third kappa shape index (κ3) is 3.51. The van der Waals surface area contributed by atoms with E-state index in [1.54, 1.807) is 26.8 Å². The number of aromatic hydroxyl groups is 1. The minimum Gasteiger partial charge on any atom is -0.508 e. The highest BCUT2D eigenvalue weighted by atomic mass is 16.5. The second-order valence-electron chi connectivity index (χ2n) is 6.31. The van der Waals surface area contributed by atoms with E-state index in [1.165, 1.54) is 6.07 Å². The molecule has 1 aromatic rings. The Kier molecular flexibility index (Phi) is 5.44. The molecule has 5 nitrogen and oxygen atoms in total. The van der Waals surface area contributed by atoms with Gasteiger partial charge in [-0.1, -0.05) is 6.92 Å². The maximum atomic E-state index is 12.5. The zero-order valence-corrected chi connectivity index (χ0v) is 14.8. The Morgan fingerprint density at radius 3 is 2.54 bits per heavy atom. The molecule has 0 radical (unpaired) electrons. The van der Waals surface area contributed by atoms with Gasteiger partial charge >= 0.3 is 5.97 Å². The van der Waals surface area contributed by atoms with Crippen molar-refractivity contribution in [3.05, 3.63) is 40.2 Å². The summed E-state index contributed by atoms with van der Waals surface area (Å²) in [6, 6.07) is 3.13. The first-order valence-electron chi connectivity index (χ1n) is 8.14. The molecule has 2 rings (SSSR count). The number of benzene rings is 1. The fourth-order valence-corrected chi connectivity index (χ4v) is 2.89. The van der Waals surface area contributed by atoms with Crippen molar-refractivity contribution in [3.8, 4) is 5.75 Å². The Morgan fingerprint density at radius 2 is 1.92 bits per heavy atom. The lowest BCUT2D eigenvalue weighted by atomic mass is 9.86. The number of rotatable bonds is 4. The van der Waals surface area contributed by atoms with Gasteiger partial charge in [-0.15, -0.1) is 0 Å². The van der Waals surface area contributed by atoms with E-state index in [-0.39, 0.29) is 17.5 Å². The van der Waals surface area contributed by atoms with E-state index in [0.29, 0.717) is 41.1 Å². The Balaban J connectivity index is 2.26. The number of ketones is 1. The van der Waals surface area contributed by atoms with Crippen LogP contribution in [0.3, 0.4) is 0 Å². The van der Waals surface area contributed by atoms with Crippen LogP contribution >= 0.6 is 0 Å². The van der Waals surface area contributed by atoms with E-state index in [9.17, 15) is 14.7 Å². The Labute approximate surface area is 142 Å². The molecule has 0 aliphatic heterocycles. The molecular formula is C19H24O5. The van der Waals surface area contributed by atoms with Gasteiger partial charge in [-0.05, 0) is 56.9 Å². The van der Waals surface area contributed by atoms with Crippen LogP contribution in [-0.2, 0) is 14.3 Å². The molecule has 0 amide bonds. The van der Waals surface area contributed by atoms with E-state index >= 15 is 0 Å². The molecule has 2 atom stereocenters. The minimum atomic E-state index is -0.514. The number of Topliss-reactive ketones (excluding diaryl/α,β-unsaturated/α-hetero) is 1. The predicted octanol–water partition coefficient (Wildman–Crippen LogP) is 3.45. The van der Waals surface area contributed by atoms with Gasteiger partial charge in [0.25, 0.3) is 0 Å². The Hall–Kier alpha value is -2.14. The van der Waals surface area contributed by atoms with E-state index in [0.717, 1.165) is 0 Å². The van der Waals surface area contributed by atoms with Gasteiger partial charge < -0.3 is 14.6 Å². The summed E-state index contributed by atoms with van der Waals surface area (Å²) in [6.07, 6.45) is -0.000472. The zero-order chi connectivity index (χ0) is 18.0. The molecule has 0 heterocycles. The van der Waals surface area contributed by atoms with Gasteiger partial charge in [-0.3, -0.25) is 4.79 Å². The molecule has 130 valence electrons. The number of carbonyl (C=O) groups excluding carboxylic acids is 2. The van der Waals surface area contributed by atoms with E-state index in [2.05, 4.69) is 0 Å². The summed E-state index contributed by atoms with van der Waals surface area (Å²) < 4.78 is 11.0. The van der Waals surface area contributed by atoms with Gasteiger partial charge in [0.1, 0.15) is 17.6 Å². The maximum Gasteiger partial charge on any atom is 0.343 e. The topological polar surface area (TPSA) is 72.8 Å². The first-order chi connectivity index (χ1) is 11.3. The largest absolute Gasteiger partial charge is 0.508 e. The second kappa shape index (κ2) is 7.18. The molecule has 0 saturated heterocycles. The first kappa shape index (κ1) is 18.2. The lowest BCUT2D eigenvalue weighted by Gasteiger charge is -2.29. The summed E-state index contributed by atoms with van der Waals surface area (Å²) >= 11 is 0. The standard InChI is InChI=1S/C19H24O5/c1-6-23-18-12(4)9-16(13(5)17(18)21)24-19(22)14-7-11(3)15(20)8-10(14)2/h7-8,12,18,20H,6,9H2,1-5H3. The Morgan fingerprint density at radius 1 is 1.25 bits per heavy atom. The number of allylic oxidation sites excluding steroid dienone is 1. The number of hydrogen-bond acceptors (Lipinski definition) is 5. The number of hydrogen-bond donors (Lipinski definition) is 1. The van der Waals surface area contributed by atoms with Gasteiger partial charge in [0.15, 0.2) is 5.78 Å². The third-order valence-corrected chi connectivity index (χ3v) is 4.40. The number of ether oxygens (including phenoxy) is 2. The average Bonchev–Trinajstić information content (AvgIpc) is 2.52. The smallest absolute Gasteiger partial charge is 0.343 e. The van der Waals surface area contributed by atoms with E-state index in [4.69, 9.17) is 9.47 Å². The number of esters is 1. The number of phenolic OH excluding ortho intramolecular Hbond substituents is 1. The first-order valence-corrected chi connectivity index (χ1v) is 8.14. The van der Waals surface area contributed by atoms with Crippen molar-refractivity contribution in [2.75, 3.05) is 6.61 Å². The van der Waals surface area contributed by atoms with E-state index < -0.39 is 12.1 Å². The molecule has 5 heteroatoms. The monoisotopic (exact) mass is 332 g/mol. The molecule has 24 heavy (non-hydrogen) atoms. The fraction of sp³-hybridized carbons (Fsp3) is 0.474. The van der Waals surface area contributed by atoms with Crippen LogP contribution in [0.5, 0.6) is 5.75 Å². The Bertz CT molecular complexity index is 702. The number of carbonyl (C=O) groups is 2. The summed E-state index contributed by atoms with van der Waals surface area (Å²) in [5.41, 5.74) is 2.05. The van der Waals surface area contributed by atoms with Gasteiger partial charge in [-0.25, -0.2) is 4.79 Å². The lowest BCUT2D eigenvalue weighted by Crippen LogP contribution is -2.37. The third-order valence-electron chi connectivity index (χ3n) is 4.40. The van der Waals surface area contributed by atoms with E-state index in [1.807, 2.05) is 13.8 Å². The zero-order valence-electron chi connectivity index (χ0n) is 14.8. The molecule has 0 aromatic heterocycles. The molecule has 0 spiro atoms. The van der Waals surface area contributed by atoms with Crippen LogP contribution in [0.1, 0.15) is 48.7 Å². The van der Waals surface area contributed by atoms with Crippen LogP contribution in [0.2, 0.25) is 0 Å². The molecule has 0 saturated carbocycles. The summed E-state index contributed by atoms with van der Waals surface area (Å²) in [7, 11) is 0. The van der Waals surface area contributed by atoms with Gasteiger partial charge in [0.2, 0.25) is 0 Å². The fourth-order valence-electron chi connectivity index (χ4n) is 2.89. The normalized spacial score (nSPS) is 21.1. The summed E-state index contributed by atoms with van der Waals surface area (Å²) in [5.74, 6) is -0.150. The van der Waals surface area contributed by atoms with Gasteiger partial charge in [0.05, 0.1) is 5.56 Å². The van der Waals surface area contributed by atoms with Crippen molar-refractivity contribution < 1.29 is 24.2 Å². The van der Waals surface area contributed by atoms with Crippen molar-refractivity contribution in [3.63, 3.8) is 0 Å². The molecular weight excluding hydrogens is 308 g/mol. The molecule has 0 bridgehead atoms. The summed E-state index contributed by atoms with van der Waals surface area (Å²) in [4.78, 5) is 24.9. The van der Waals surface area contributed by atoms with Crippen LogP contribution in [0.15, 0.2) is 23.5 Å². The maximum absolute atomic E-state index is 12.5. The summed E-state index contributed by atoms with van der Waals surface area (Å²) in [5, 5.41) is 9.70. The summed E-state index contributed by atoms with van der Waals surface area (Å²) in [6.45, 7) is 9.34. The molecule has 1 N–H and O–H groups in total. The quantitative estimate of drug-likeness (QED) is 0.855. The minimum absolute atomic E-state index is 0.0494. The molecule has 0 fully saturated rings. The van der Waals surface area contributed by atoms with Gasteiger partial charge in [-0.2, -0.15) is 0 Å². The van der Waals surface area contributed by atoms with Crippen LogP contribution in [0, 0.1) is 19.8 Å². The van der Waals surface area contributed by atoms with Crippen molar-refractivity contribution in [1.29, 1.82) is 0 Å².